The van der Waals surface area contributed by atoms with Gasteiger partial charge in [0.05, 0.1) is 6.54 Å². The summed E-state index contributed by atoms with van der Waals surface area (Å²) in [7, 11) is 0. The van der Waals surface area contributed by atoms with E-state index in [4.69, 9.17) is 0 Å². The van der Waals surface area contributed by atoms with Crippen molar-refractivity contribution >= 4 is 11.8 Å². The molecular formula is C15H18N2O2. The molecule has 0 saturated carbocycles. The Balaban J connectivity index is 1.65. The second-order valence-electron chi connectivity index (χ2n) is 5.24. The Morgan fingerprint density at radius 3 is 2.74 bits per heavy atom. The summed E-state index contributed by atoms with van der Waals surface area (Å²) in [5.74, 6) is 0.239. The first-order valence-corrected chi connectivity index (χ1v) is 6.88. The molecule has 1 aromatic rings. The molecule has 2 aliphatic rings. The van der Waals surface area contributed by atoms with Crippen molar-refractivity contribution in [1.82, 2.24) is 9.80 Å². The standard InChI is InChI=1S/C15H18N2O2/c18-14-11-16(10-8-12-5-2-1-3-6-12)15(19)13-7-4-9-17(13)14/h1-3,5-6,13H,4,7-11H2/t13-/m1/s1. The fraction of sp³-hybridized carbons (Fsp3) is 0.467. The highest BCUT2D eigenvalue weighted by atomic mass is 16.2. The molecule has 4 nitrogen and oxygen atoms in total. The lowest BCUT2D eigenvalue weighted by Gasteiger charge is -2.36. The number of hydrogen-bond donors (Lipinski definition) is 0. The molecule has 2 amide bonds. The molecule has 2 heterocycles. The lowest BCUT2D eigenvalue weighted by Crippen LogP contribution is -2.57. The third-order valence-corrected chi connectivity index (χ3v) is 4.01. The van der Waals surface area contributed by atoms with Crippen LogP contribution in [0.25, 0.3) is 0 Å². The molecule has 0 bridgehead atoms. The van der Waals surface area contributed by atoms with Crippen LogP contribution in [0.3, 0.4) is 0 Å². The molecule has 19 heavy (non-hydrogen) atoms. The van der Waals surface area contributed by atoms with Crippen LogP contribution in [0.2, 0.25) is 0 Å². The SMILES string of the molecule is O=C1[C@H]2CCCN2C(=O)CN1CCc1ccccc1. The molecule has 2 aliphatic heterocycles. The van der Waals surface area contributed by atoms with Crippen molar-refractivity contribution in [1.29, 1.82) is 0 Å². The average molecular weight is 258 g/mol. The molecule has 2 fully saturated rings. The fourth-order valence-corrected chi connectivity index (χ4v) is 2.96. The van der Waals surface area contributed by atoms with Gasteiger partial charge in [0.2, 0.25) is 11.8 Å². The molecule has 0 N–H and O–H groups in total. The maximum Gasteiger partial charge on any atom is 0.245 e. The number of piperazine rings is 1. The minimum Gasteiger partial charge on any atom is -0.331 e. The summed E-state index contributed by atoms with van der Waals surface area (Å²) in [6.45, 7) is 1.64. The van der Waals surface area contributed by atoms with Crippen LogP contribution in [0.1, 0.15) is 18.4 Å². The highest BCUT2D eigenvalue weighted by molar-refractivity contribution is 5.95. The summed E-state index contributed by atoms with van der Waals surface area (Å²) in [6, 6.07) is 9.90. The van der Waals surface area contributed by atoms with E-state index in [-0.39, 0.29) is 24.4 Å². The second-order valence-corrected chi connectivity index (χ2v) is 5.24. The molecule has 0 spiro atoms. The van der Waals surface area contributed by atoms with Crippen molar-refractivity contribution in [2.75, 3.05) is 19.6 Å². The van der Waals surface area contributed by atoms with Crippen LogP contribution in [0.4, 0.5) is 0 Å². The third kappa shape index (κ3) is 2.35. The molecule has 3 rings (SSSR count). The Morgan fingerprint density at radius 2 is 1.95 bits per heavy atom. The summed E-state index contributed by atoms with van der Waals surface area (Å²) in [6.07, 6.45) is 2.59. The Hall–Kier alpha value is -1.84. The van der Waals surface area contributed by atoms with Gasteiger partial charge in [-0.05, 0) is 24.8 Å². The molecule has 0 radical (unpaired) electrons. The number of benzene rings is 1. The van der Waals surface area contributed by atoms with Gasteiger partial charge < -0.3 is 9.80 Å². The molecule has 100 valence electrons. The van der Waals surface area contributed by atoms with E-state index >= 15 is 0 Å². The number of rotatable bonds is 3. The Kier molecular flexibility index (Phi) is 3.23. The molecule has 0 unspecified atom stereocenters. The highest BCUT2D eigenvalue weighted by Gasteiger charge is 2.41. The smallest absolute Gasteiger partial charge is 0.245 e. The lowest BCUT2D eigenvalue weighted by atomic mass is 10.1. The van der Waals surface area contributed by atoms with E-state index in [9.17, 15) is 9.59 Å². The van der Waals surface area contributed by atoms with E-state index in [0.717, 1.165) is 25.8 Å². The molecule has 2 saturated heterocycles. The summed E-state index contributed by atoms with van der Waals surface area (Å²) in [4.78, 5) is 27.8. The van der Waals surface area contributed by atoms with Crippen LogP contribution in [0.5, 0.6) is 0 Å². The van der Waals surface area contributed by atoms with Gasteiger partial charge in [0.25, 0.3) is 0 Å². The van der Waals surface area contributed by atoms with Gasteiger partial charge in [-0.3, -0.25) is 9.59 Å². The molecule has 1 aromatic carbocycles. The molecule has 0 aromatic heterocycles. The van der Waals surface area contributed by atoms with Gasteiger partial charge in [0.15, 0.2) is 0 Å². The summed E-state index contributed by atoms with van der Waals surface area (Å²) < 4.78 is 0. The zero-order valence-electron chi connectivity index (χ0n) is 10.9. The van der Waals surface area contributed by atoms with Gasteiger partial charge in [0.1, 0.15) is 6.04 Å². The third-order valence-electron chi connectivity index (χ3n) is 4.01. The van der Waals surface area contributed by atoms with Gasteiger partial charge in [-0.15, -0.1) is 0 Å². The van der Waals surface area contributed by atoms with Crippen LogP contribution in [-0.2, 0) is 16.0 Å². The van der Waals surface area contributed by atoms with Crippen LogP contribution in [0.15, 0.2) is 30.3 Å². The van der Waals surface area contributed by atoms with Crippen molar-refractivity contribution in [2.45, 2.75) is 25.3 Å². The Morgan fingerprint density at radius 1 is 1.16 bits per heavy atom. The normalized spacial score (nSPS) is 22.8. The first-order chi connectivity index (χ1) is 9.25. The van der Waals surface area contributed by atoms with Gasteiger partial charge in [0, 0.05) is 13.1 Å². The van der Waals surface area contributed by atoms with E-state index in [1.165, 1.54) is 5.56 Å². The molecule has 1 atom stereocenters. The number of hydrogen-bond acceptors (Lipinski definition) is 2. The molecule has 4 heteroatoms. The molecule has 0 aliphatic carbocycles. The summed E-state index contributed by atoms with van der Waals surface area (Å²) in [5.41, 5.74) is 1.21. The van der Waals surface area contributed by atoms with E-state index in [1.54, 1.807) is 9.80 Å². The summed E-state index contributed by atoms with van der Waals surface area (Å²) >= 11 is 0. The monoisotopic (exact) mass is 258 g/mol. The lowest BCUT2D eigenvalue weighted by molar-refractivity contribution is -0.153. The predicted molar refractivity (Wildman–Crippen MR) is 71.5 cm³/mol. The van der Waals surface area contributed by atoms with Gasteiger partial charge in [-0.1, -0.05) is 30.3 Å². The van der Waals surface area contributed by atoms with Gasteiger partial charge >= 0.3 is 0 Å². The minimum absolute atomic E-state index is 0.107. The van der Waals surface area contributed by atoms with Crippen LogP contribution < -0.4 is 0 Å². The largest absolute Gasteiger partial charge is 0.331 e. The first-order valence-electron chi connectivity index (χ1n) is 6.88. The fourth-order valence-electron chi connectivity index (χ4n) is 2.96. The van der Waals surface area contributed by atoms with Crippen molar-refractivity contribution in [3.05, 3.63) is 35.9 Å². The van der Waals surface area contributed by atoms with Crippen LogP contribution >= 0.6 is 0 Å². The maximum absolute atomic E-state index is 12.3. The van der Waals surface area contributed by atoms with Crippen molar-refractivity contribution in [2.24, 2.45) is 0 Å². The van der Waals surface area contributed by atoms with Crippen molar-refractivity contribution in [3.63, 3.8) is 0 Å². The average Bonchev–Trinajstić information content (AvgIpc) is 2.92. The maximum atomic E-state index is 12.3. The first kappa shape index (κ1) is 12.2. The van der Waals surface area contributed by atoms with Crippen molar-refractivity contribution < 1.29 is 9.59 Å². The Labute approximate surface area is 113 Å². The van der Waals surface area contributed by atoms with E-state index in [0.29, 0.717) is 6.54 Å². The second kappa shape index (κ2) is 5.03. The number of carbonyl (C=O) groups is 2. The topological polar surface area (TPSA) is 40.6 Å². The van der Waals surface area contributed by atoms with E-state index in [1.807, 2.05) is 18.2 Å². The number of nitrogens with zero attached hydrogens (tertiary/aromatic N) is 2. The number of amides is 2. The van der Waals surface area contributed by atoms with Crippen LogP contribution in [-0.4, -0.2) is 47.3 Å². The summed E-state index contributed by atoms with van der Waals surface area (Å²) in [5, 5.41) is 0. The number of carbonyl (C=O) groups excluding carboxylic acids is 2. The quantitative estimate of drug-likeness (QED) is 0.813. The zero-order chi connectivity index (χ0) is 13.2. The van der Waals surface area contributed by atoms with Gasteiger partial charge in [-0.2, -0.15) is 0 Å². The molecular weight excluding hydrogens is 240 g/mol. The predicted octanol–water partition coefficient (Wildman–Crippen LogP) is 1.06. The van der Waals surface area contributed by atoms with Gasteiger partial charge in [-0.25, -0.2) is 0 Å². The zero-order valence-corrected chi connectivity index (χ0v) is 10.9. The minimum atomic E-state index is -0.183. The van der Waals surface area contributed by atoms with Crippen molar-refractivity contribution in [3.8, 4) is 0 Å². The highest BCUT2D eigenvalue weighted by Crippen LogP contribution is 2.23. The van der Waals surface area contributed by atoms with Crippen LogP contribution in [0, 0.1) is 0 Å². The number of fused-ring (bicyclic) bond motifs is 1. The van der Waals surface area contributed by atoms with E-state index in [2.05, 4.69) is 12.1 Å². The Bertz CT molecular complexity index is 486. The van der Waals surface area contributed by atoms with E-state index < -0.39 is 0 Å².